The topological polar surface area (TPSA) is 89.3 Å². The number of ether oxygens (including phenoxy) is 1. The maximum absolute atomic E-state index is 13.6. The fourth-order valence-corrected chi connectivity index (χ4v) is 5.15. The highest BCUT2D eigenvalue weighted by molar-refractivity contribution is 7.98. The zero-order valence-electron chi connectivity index (χ0n) is 20.3. The van der Waals surface area contributed by atoms with Crippen molar-refractivity contribution in [2.75, 3.05) is 31.1 Å². The molecule has 202 valence electrons. The molecular formula is C25H21ClF3N7O2S. The number of rotatable bonds is 7. The molecule has 0 saturated carbocycles. The van der Waals surface area contributed by atoms with Crippen LogP contribution in [0.1, 0.15) is 16.2 Å². The molecule has 0 radical (unpaired) electrons. The molecule has 14 heteroatoms. The van der Waals surface area contributed by atoms with Crippen molar-refractivity contribution in [3.63, 3.8) is 0 Å². The number of hydrogen-bond donors (Lipinski definition) is 0. The smallest absolute Gasteiger partial charge is 0.406 e. The Morgan fingerprint density at radius 2 is 1.67 bits per heavy atom. The van der Waals surface area contributed by atoms with E-state index < -0.39 is 6.36 Å². The summed E-state index contributed by atoms with van der Waals surface area (Å²) in [5.74, 6) is -0.410. The van der Waals surface area contributed by atoms with Gasteiger partial charge >= 0.3 is 6.36 Å². The van der Waals surface area contributed by atoms with Gasteiger partial charge in [0.1, 0.15) is 5.75 Å². The Hall–Kier alpha value is -3.84. The lowest BCUT2D eigenvalue weighted by molar-refractivity contribution is -0.274. The monoisotopic (exact) mass is 575 g/mol. The number of piperazine rings is 1. The zero-order valence-corrected chi connectivity index (χ0v) is 21.8. The molecule has 0 bridgehead atoms. The van der Waals surface area contributed by atoms with Crippen LogP contribution in [0.25, 0.3) is 5.69 Å². The molecule has 1 aliphatic heterocycles. The Labute approximate surface area is 230 Å². The predicted octanol–water partition coefficient (Wildman–Crippen LogP) is 4.86. The number of thioether (sulfide) groups is 1. The highest BCUT2D eigenvalue weighted by Gasteiger charge is 2.31. The van der Waals surface area contributed by atoms with Crippen molar-refractivity contribution < 1.29 is 22.7 Å². The molecule has 1 amide bonds. The number of amides is 1. The van der Waals surface area contributed by atoms with Crippen LogP contribution in [0, 0.1) is 0 Å². The Morgan fingerprint density at radius 1 is 0.974 bits per heavy atom. The van der Waals surface area contributed by atoms with Gasteiger partial charge in [0.15, 0.2) is 10.9 Å². The van der Waals surface area contributed by atoms with Gasteiger partial charge in [-0.25, -0.2) is 14.6 Å². The van der Waals surface area contributed by atoms with Crippen molar-refractivity contribution in [2.24, 2.45) is 0 Å². The van der Waals surface area contributed by atoms with Gasteiger partial charge < -0.3 is 14.5 Å². The van der Waals surface area contributed by atoms with Crippen LogP contribution in [-0.2, 0) is 5.75 Å². The first-order valence-corrected chi connectivity index (χ1v) is 13.1. The number of para-hydroxylation sites is 1. The van der Waals surface area contributed by atoms with Crippen molar-refractivity contribution in [1.82, 2.24) is 29.9 Å². The van der Waals surface area contributed by atoms with E-state index in [0.29, 0.717) is 47.7 Å². The van der Waals surface area contributed by atoms with E-state index in [1.165, 1.54) is 40.7 Å². The summed E-state index contributed by atoms with van der Waals surface area (Å²) >= 11 is 7.63. The largest absolute Gasteiger partial charge is 0.573 e. The average Bonchev–Trinajstić information content (AvgIpc) is 3.36. The quantitative estimate of drug-likeness (QED) is 0.228. The lowest BCUT2D eigenvalue weighted by Crippen LogP contribution is -2.49. The van der Waals surface area contributed by atoms with Crippen LogP contribution in [0.3, 0.4) is 0 Å². The summed E-state index contributed by atoms with van der Waals surface area (Å²) in [5, 5.41) is 9.48. The van der Waals surface area contributed by atoms with Crippen LogP contribution in [0.15, 0.2) is 72.1 Å². The Bertz CT molecular complexity index is 1430. The molecule has 9 nitrogen and oxygen atoms in total. The van der Waals surface area contributed by atoms with Gasteiger partial charge in [-0.2, -0.15) is 0 Å². The number of carbonyl (C=O) groups excluding carboxylic acids is 1. The number of carbonyl (C=O) groups is 1. The summed E-state index contributed by atoms with van der Waals surface area (Å²) in [5.41, 5.74) is 1.95. The summed E-state index contributed by atoms with van der Waals surface area (Å²) in [4.78, 5) is 25.8. The minimum Gasteiger partial charge on any atom is -0.406 e. The molecule has 2 aromatic carbocycles. The number of benzene rings is 2. The second-order valence-electron chi connectivity index (χ2n) is 8.39. The van der Waals surface area contributed by atoms with E-state index in [0.717, 1.165) is 5.69 Å². The lowest BCUT2D eigenvalue weighted by atomic mass is 10.2. The minimum atomic E-state index is -4.80. The maximum Gasteiger partial charge on any atom is 0.573 e. The zero-order chi connectivity index (χ0) is 27.4. The molecule has 0 aliphatic carbocycles. The Kier molecular flexibility index (Phi) is 7.89. The SMILES string of the molecule is O=C(c1nnn(-c2ccc(OC(F)(F)F)cc2)c1CSc1ncccn1)N1CCN(c2ccccc2Cl)CC1. The van der Waals surface area contributed by atoms with Crippen molar-refractivity contribution in [3.8, 4) is 11.4 Å². The fraction of sp³-hybridized carbons (Fsp3) is 0.240. The third-order valence-corrected chi connectivity index (χ3v) is 7.13. The van der Waals surface area contributed by atoms with Gasteiger partial charge in [0.25, 0.3) is 5.91 Å². The number of alkyl halides is 3. The van der Waals surface area contributed by atoms with Gasteiger partial charge in [0.05, 0.1) is 22.1 Å². The third-order valence-electron chi connectivity index (χ3n) is 5.92. The van der Waals surface area contributed by atoms with E-state index >= 15 is 0 Å². The summed E-state index contributed by atoms with van der Waals surface area (Å²) in [6, 6.07) is 14.4. The predicted molar refractivity (Wildman–Crippen MR) is 139 cm³/mol. The minimum absolute atomic E-state index is 0.153. The maximum atomic E-state index is 13.6. The second-order valence-corrected chi connectivity index (χ2v) is 9.74. The highest BCUT2D eigenvalue weighted by atomic mass is 35.5. The lowest BCUT2D eigenvalue weighted by Gasteiger charge is -2.36. The third kappa shape index (κ3) is 6.42. The first-order chi connectivity index (χ1) is 18.8. The van der Waals surface area contributed by atoms with Gasteiger partial charge in [-0.1, -0.05) is 40.7 Å². The standard InChI is InChI=1S/C25H21ClF3N7O2S/c26-19-4-1-2-5-20(19)34-12-14-35(15-13-34)23(37)22-21(16-39-24-30-10-3-11-31-24)36(33-32-22)17-6-8-18(9-7-17)38-25(27,28)29/h1-11H,12-16H2. The van der Waals surface area contributed by atoms with Gasteiger partial charge in [-0.15, -0.1) is 18.3 Å². The second kappa shape index (κ2) is 11.5. The number of nitrogens with zero attached hydrogens (tertiary/aromatic N) is 7. The van der Waals surface area contributed by atoms with Crippen molar-refractivity contribution >= 4 is 35.0 Å². The van der Waals surface area contributed by atoms with E-state index in [1.54, 1.807) is 23.4 Å². The van der Waals surface area contributed by atoms with Gasteiger partial charge in [-0.05, 0) is 42.5 Å². The molecule has 3 heterocycles. The average molecular weight is 576 g/mol. The van der Waals surface area contributed by atoms with Gasteiger partial charge in [0.2, 0.25) is 0 Å². The Balaban J connectivity index is 1.38. The van der Waals surface area contributed by atoms with Gasteiger partial charge in [0, 0.05) is 44.3 Å². The van der Waals surface area contributed by atoms with E-state index in [-0.39, 0.29) is 23.1 Å². The number of anilines is 1. The number of aromatic nitrogens is 5. The number of halogens is 4. The van der Waals surface area contributed by atoms with E-state index in [2.05, 4.69) is 29.9 Å². The molecule has 1 aliphatic rings. The van der Waals surface area contributed by atoms with E-state index in [1.807, 2.05) is 24.3 Å². The molecule has 0 N–H and O–H groups in total. The van der Waals surface area contributed by atoms with Crippen molar-refractivity contribution in [1.29, 1.82) is 0 Å². The molecule has 0 spiro atoms. The van der Waals surface area contributed by atoms with Crippen LogP contribution in [-0.4, -0.2) is 68.3 Å². The van der Waals surface area contributed by atoms with E-state index in [4.69, 9.17) is 11.6 Å². The summed E-state index contributed by atoms with van der Waals surface area (Å²) < 4.78 is 43.1. The first kappa shape index (κ1) is 26.8. The van der Waals surface area contributed by atoms with Crippen LogP contribution >= 0.6 is 23.4 Å². The molecule has 0 unspecified atom stereocenters. The molecule has 39 heavy (non-hydrogen) atoms. The fourth-order valence-electron chi connectivity index (χ4n) is 4.09. The van der Waals surface area contributed by atoms with E-state index in [9.17, 15) is 18.0 Å². The van der Waals surface area contributed by atoms with Gasteiger partial charge in [-0.3, -0.25) is 4.79 Å². The summed E-state index contributed by atoms with van der Waals surface area (Å²) in [6.45, 7) is 2.09. The van der Waals surface area contributed by atoms with Crippen LogP contribution in [0.5, 0.6) is 5.75 Å². The van der Waals surface area contributed by atoms with Crippen LogP contribution < -0.4 is 9.64 Å². The molecule has 5 rings (SSSR count). The van der Waals surface area contributed by atoms with Crippen molar-refractivity contribution in [3.05, 3.63) is 83.4 Å². The first-order valence-electron chi connectivity index (χ1n) is 11.8. The normalized spacial score (nSPS) is 13.9. The molecule has 1 saturated heterocycles. The molecule has 0 atom stereocenters. The van der Waals surface area contributed by atoms with Crippen LogP contribution in [0.2, 0.25) is 5.02 Å². The molecular weight excluding hydrogens is 555 g/mol. The molecule has 4 aromatic rings. The summed E-state index contributed by atoms with van der Waals surface area (Å²) in [6.07, 6.45) is -1.59. The highest BCUT2D eigenvalue weighted by Crippen LogP contribution is 2.28. The summed E-state index contributed by atoms with van der Waals surface area (Å²) in [7, 11) is 0. The number of hydrogen-bond acceptors (Lipinski definition) is 8. The Morgan fingerprint density at radius 3 is 2.33 bits per heavy atom. The molecule has 2 aromatic heterocycles. The molecule has 1 fully saturated rings. The van der Waals surface area contributed by atoms with Crippen LogP contribution in [0.4, 0.5) is 18.9 Å². The van der Waals surface area contributed by atoms with Crippen molar-refractivity contribution in [2.45, 2.75) is 17.3 Å².